The molecule has 2 rings (SSSR count). The van der Waals surface area contributed by atoms with Gasteiger partial charge < -0.3 is 5.32 Å². The van der Waals surface area contributed by atoms with E-state index in [0.717, 1.165) is 11.9 Å². The van der Waals surface area contributed by atoms with Crippen LogP contribution in [0.2, 0.25) is 0 Å². The van der Waals surface area contributed by atoms with Crippen LogP contribution in [0.15, 0.2) is 24.8 Å². The molecule has 0 spiro atoms. The summed E-state index contributed by atoms with van der Waals surface area (Å²) >= 11 is 0. The van der Waals surface area contributed by atoms with Crippen molar-refractivity contribution in [1.82, 2.24) is 19.9 Å². The smallest absolute Gasteiger partial charge is 0.0892 e. The lowest BCUT2D eigenvalue weighted by Gasteiger charge is -2.21. The zero-order chi connectivity index (χ0) is 11.5. The lowest BCUT2D eigenvalue weighted by Crippen LogP contribution is -2.22. The van der Waals surface area contributed by atoms with Crippen molar-refractivity contribution in [3.8, 4) is 0 Å². The zero-order valence-corrected chi connectivity index (χ0v) is 10.0. The molecule has 0 aliphatic rings. The Morgan fingerprint density at radius 1 is 1.44 bits per heavy atom. The second kappa shape index (κ2) is 4.61. The fourth-order valence-corrected chi connectivity index (χ4v) is 2.07. The molecule has 2 aromatic rings. The summed E-state index contributed by atoms with van der Waals surface area (Å²) < 4.78 is 1.87. The van der Waals surface area contributed by atoms with Gasteiger partial charge in [0, 0.05) is 24.0 Å². The normalized spacial score (nSPS) is 15.2. The van der Waals surface area contributed by atoms with Crippen molar-refractivity contribution in [2.45, 2.75) is 26.3 Å². The first-order valence-electron chi connectivity index (χ1n) is 5.72. The monoisotopic (exact) mass is 218 g/mol. The molecule has 0 radical (unpaired) electrons. The molecule has 2 aromatic heterocycles. The van der Waals surface area contributed by atoms with Crippen LogP contribution >= 0.6 is 0 Å². The number of aromatic nitrogens is 3. The summed E-state index contributed by atoms with van der Waals surface area (Å²) in [6.07, 6.45) is 8.58. The topological polar surface area (TPSA) is 42.2 Å². The molecule has 2 heterocycles. The number of nitrogens with zero attached hydrogens (tertiary/aromatic N) is 3. The summed E-state index contributed by atoms with van der Waals surface area (Å²) in [5, 5.41) is 7.71. The van der Waals surface area contributed by atoms with E-state index in [1.165, 1.54) is 5.56 Å². The van der Waals surface area contributed by atoms with Crippen LogP contribution in [0.25, 0.3) is 5.52 Å². The largest absolute Gasteiger partial charge is 0.313 e. The number of hydrogen-bond donors (Lipinski definition) is 1. The molecule has 1 N–H and O–H groups in total. The maximum absolute atomic E-state index is 4.34. The third kappa shape index (κ3) is 1.80. The van der Waals surface area contributed by atoms with Crippen molar-refractivity contribution in [1.29, 1.82) is 0 Å². The number of nitrogens with one attached hydrogen (secondary N) is 1. The maximum Gasteiger partial charge on any atom is 0.0892 e. The first kappa shape index (κ1) is 11.1. The Hall–Kier alpha value is -1.42. The fraction of sp³-hybridized carbons (Fsp3) is 0.500. The van der Waals surface area contributed by atoms with Gasteiger partial charge in [0.25, 0.3) is 0 Å². The average Bonchev–Trinajstić information content (AvgIpc) is 2.74. The van der Waals surface area contributed by atoms with Crippen molar-refractivity contribution in [3.05, 3.63) is 30.4 Å². The predicted molar refractivity (Wildman–Crippen MR) is 64.2 cm³/mol. The molecule has 16 heavy (non-hydrogen) atoms. The molecule has 0 fully saturated rings. The van der Waals surface area contributed by atoms with Crippen LogP contribution < -0.4 is 5.32 Å². The first-order chi connectivity index (χ1) is 7.77. The Morgan fingerprint density at radius 3 is 2.94 bits per heavy atom. The quantitative estimate of drug-likeness (QED) is 0.854. The van der Waals surface area contributed by atoms with E-state index in [1.807, 2.05) is 30.2 Å². The van der Waals surface area contributed by atoms with E-state index in [2.05, 4.69) is 29.2 Å². The summed E-state index contributed by atoms with van der Waals surface area (Å²) in [7, 11) is 2.00. The van der Waals surface area contributed by atoms with E-state index in [9.17, 15) is 0 Å². The predicted octanol–water partition coefficient (Wildman–Crippen LogP) is 2.04. The molecule has 4 heteroatoms. The van der Waals surface area contributed by atoms with Gasteiger partial charge in [-0.25, -0.2) is 4.52 Å². The third-order valence-corrected chi connectivity index (χ3v) is 3.21. The van der Waals surface area contributed by atoms with Gasteiger partial charge in [0.1, 0.15) is 0 Å². The molecule has 2 atom stereocenters. The molecule has 4 nitrogen and oxygen atoms in total. The van der Waals surface area contributed by atoms with Crippen molar-refractivity contribution in [2.75, 3.05) is 7.05 Å². The number of hydrogen-bond acceptors (Lipinski definition) is 3. The summed E-state index contributed by atoms with van der Waals surface area (Å²) in [4.78, 5) is 4.16. The SMILES string of the molecule is CCC(C)C(NC)c1cnn2ccncc12. The van der Waals surface area contributed by atoms with E-state index in [0.29, 0.717) is 12.0 Å². The maximum atomic E-state index is 4.34. The molecule has 86 valence electrons. The Labute approximate surface area is 95.7 Å². The van der Waals surface area contributed by atoms with Crippen LogP contribution in [0.5, 0.6) is 0 Å². The standard InChI is InChI=1S/C12H18N4/c1-4-9(2)12(13-3)10-7-15-16-6-5-14-8-11(10)16/h5-9,12-13H,4H2,1-3H3. The van der Waals surface area contributed by atoms with Gasteiger partial charge in [0.15, 0.2) is 0 Å². The van der Waals surface area contributed by atoms with Gasteiger partial charge in [-0.2, -0.15) is 5.10 Å². The van der Waals surface area contributed by atoms with Gasteiger partial charge in [-0.15, -0.1) is 0 Å². The van der Waals surface area contributed by atoms with Crippen LogP contribution in [0.3, 0.4) is 0 Å². The summed E-state index contributed by atoms with van der Waals surface area (Å²) in [5.41, 5.74) is 2.31. The highest BCUT2D eigenvalue weighted by Crippen LogP contribution is 2.26. The Morgan fingerprint density at radius 2 is 2.25 bits per heavy atom. The Bertz CT molecular complexity index is 463. The second-order valence-electron chi connectivity index (χ2n) is 4.16. The zero-order valence-electron chi connectivity index (χ0n) is 10.0. The van der Waals surface area contributed by atoms with E-state index in [-0.39, 0.29) is 0 Å². The molecule has 0 bridgehead atoms. The van der Waals surface area contributed by atoms with E-state index in [4.69, 9.17) is 0 Å². The number of rotatable bonds is 4. The van der Waals surface area contributed by atoms with Crippen molar-refractivity contribution < 1.29 is 0 Å². The van der Waals surface area contributed by atoms with Gasteiger partial charge in [-0.3, -0.25) is 4.98 Å². The highest BCUT2D eigenvalue weighted by atomic mass is 15.2. The van der Waals surface area contributed by atoms with E-state index < -0.39 is 0 Å². The molecule has 0 aliphatic heterocycles. The van der Waals surface area contributed by atoms with Crippen LogP contribution in [0, 0.1) is 5.92 Å². The summed E-state index contributed by atoms with van der Waals surface area (Å²) in [6, 6.07) is 0.340. The fourth-order valence-electron chi connectivity index (χ4n) is 2.07. The van der Waals surface area contributed by atoms with Crippen molar-refractivity contribution in [2.24, 2.45) is 5.92 Å². The number of fused-ring (bicyclic) bond motifs is 1. The van der Waals surface area contributed by atoms with Gasteiger partial charge >= 0.3 is 0 Å². The third-order valence-electron chi connectivity index (χ3n) is 3.21. The molecular formula is C12H18N4. The Balaban J connectivity index is 2.45. The molecular weight excluding hydrogens is 200 g/mol. The van der Waals surface area contributed by atoms with Gasteiger partial charge in [-0.1, -0.05) is 20.3 Å². The highest BCUT2D eigenvalue weighted by molar-refractivity contribution is 5.53. The lowest BCUT2D eigenvalue weighted by atomic mass is 9.94. The lowest BCUT2D eigenvalue weighted by molar-refractivity contribution is 0.402. The molecule has 0 aliphatic carbocycles. The van der Waals surface area contributed by atoms with Crippen LogP contribution in [0.4, 0.5) is 0 Å². The first-order valence-corrected chi connectivity index (χ1v) is 5.72. The van der Waals surface area contributed by atoms with Gasteiger partial charge in [-0.05, 0) is 13.0 Å². The molecule has 2 unspecified atom stereocenters. The minimum Gasteiger partial charge on any atom is -0.313 e. The second-order valence-corrected chi connectivity index (χ2v) is 4.16. The van der Waals surface area contributed by atoms with Crippen molar-refractivity contribution in [3.63, 3.8) is 0 Å². The van der Waals surface area contributed by atoms with E-state index in [1.54, 1.807) is 6.20 Å². The van der Waals surface area contributed by atoms with E-state index >= 15 is 0 Å². The van der Waals surface area contributed by atoms with Crippen LogP contribution in [0.1, 0.15) is 31.9 Å². The molecule has 0 amide bonds. The minimum absolute atomic E-state index is 0.340. The molecule has 0 saturated heterocycles. The van der Waals surface area contributed by atoms with Gasteiger partial charge in [0.05, 0.1) is 17.9 Å². The Kier molecular flexibility index (Phi) is 3.19. The van der Waals surface area contributed by atoms with Crippen molar-refractivity contribution >= 4 is 5.52 Å². The molecule has 0 aromatic carbocycles. The van der Waals surface area contributed by atoms with Crippen LogP contribution in [-0.2, 0) is 0 Å². The van der Waals surface area contributed by atoms with Crippen LogP contribution in [-0.4, -0.2) is 21.6 Å². The summed E-state index contributed by atoms with van der Waals surface area (Å²) in [5.74, 6) is 0.582. The molecule has 0 saturated carbocycles. The summed E-state index contributed by atoms with van der Waals surface area (Å²) in [6.45, 7) is 4.46. The average molecular weight is 218 g/mol. The van der Waals surface area contributed by atoms with Gasteiger partial charge in [0.2, 0.25) is 0 Å². The minimum atomic E-state index is 0.340. The highest BCUT2D eigenvalue weighted by Gasteiger charge is 2.19.